The number of para-hydroxylation sites is 1. The number of carbonyl (C=O) groups excluding carboxylic acids is 3. The van der Waals surface area contributed by atoms with E-state index in [2.05, 4.69) is 10.6 Å². The molecule has 3 aromatic carbocycles. The Labute approximate surface area is 174 Å². The summed E-state index contributed by atoms with van der Waals surface area (Å²) in [6.45, 7) is 1.48. The van der Waals surface area contributed by atoms with E-state index >= 15 is 0 Å². The summed E-state index contributed by atoms with van der Waals surface area (Å²) in [4.78, 5) is 36.9. The second kappa shape index (κ2) is 10.0. The van der Waals surface area contributed by atoms with Crippen molar-refractivity contribution in [2.75, 3.05) is 17.2 Å². The normalized spacial score (nSPS) is 10.2. The molecule has 6 nitrogen and oxygen atoms in total. The van der Waals surface area contributed by atoms with E-state index in [1.54, 1.807) is 30.3 Å². The number of anilines is 2. The summed E-state index contributed by atoms with van der Waals surface area (Å²) in [5.74, 6) is -1.39. The number of esters is 1. The molecule has 2 N–H and O–H groups in total. The molecule has 0 aromatic heterocycles. The highest BCUT2D eigenvalue weighted by Crippen LogP contribution is 2.17. The van der Waals surface area contributed by atoms with Crippen molar-refractivity contribution in [3.63, 3.8) is 0 Å². The van der Waals surface area contributed by atoms with E-state index in [0.29, 0.717) is 11.4 Å². The molecule has 3 aromatic rings. The number of nitrogens with one attached hydrogen (secondary N) is 2. The average molecular weight is 402 g/mol. The van der Waals surface area contributed by atoms with Gasteiger partial charge in [-0.25, -0.2) is 4.79 Å². The topological polar surface area (TPSA) is 84.5 Å². The highest BCUT2D eigenvalue weighted by molar-refractivity contribution is 6.02. The molecule has 0 radical (unpaired) electrons. The van der Waals surface area contributed by atoms with Crippen LogP contribution >= 0.6 is 0 Å². The second-order valence-electron chi connectivity index (χ2n) is 6.75. The van der Waals surface area contributed by atoms with E-state index in [1.165, 1.54) is 0 Å². The standard InChI is InChI=1S/C24H22N2O4/c1-17-8-7-11-19(14-17)25-23(28)16-30-24(29)20-12-5-6-13-21(20)26-22(27)15-18-9-3-2-4-10-18/h2-14H,15-16H2,1H3,(H,25,28)(H,26,27). The van der Waals surface area contributed by atoms with Crippen molar-refractivity contribution in [3.8, 4) is 0 Å². The van der Waals surface area contributed by atoms with Crippen molar-refractivity contribution >= 4 is 29.2 Å². The summed E-state index contributed by atoms with van der Waals surface area (Å²) < 4.78 is 5.13. The van der Waals surface area contributed by atoms with Crippen LogP contribution in [0.25, 0.3) is 0 Å². The van der Waals surface area contributed by atoms with Gasteiger partial charge in [-0.05, 0) is 42.3 Å². The summed E-state index contributed by atoms with van der Waals surface area (Å²) in [6.07, 6.45) is 0.184. The van der Waals surface area contributed by atoms with Gasteiger partial charge in [0, 0.05) is 5.69 Å². The lowest BCUT2D eigenvalue weighted by molar-refractivity contribution is -0.119. The zero-order chi connectivity index (χ0) is 21.3. The first-order valence-corrected chi connectivity index (χ1v) is 9.48. The van der Waals surface area contributed by atoms with Gasteiger partial charge in [-0.1, -0.05) is 54.6 Å². The number of ether oxygens (including phenoxy) is 1. The molecule has 0 aliphatic heterocycles. The molecule has 0 aliphatic rings. The molecule has 0 unspecified atom stereocenters. The minimum atomic E-state index is -0.690. The Morgan fingerprint density at radius 1 is 0.800 bits per heavy atom. The summed E-state index contributed by atoms with van der Waals surface area (Å²) in [5, 5.41) is 5.41. The van der Waals surface area contributed by atoms with E-state index in [-0.39, 0.29) is 17.9 Å². The van der Waals surface area contributed by atoms with Crippen molar-refractivity contribution in [2.24, 2.45) is 0 Å². The molecular formula is C24H22N2O4. The van der Waals surface area contributed by atoms with E-state index in [4.69, 9.17) is 4.74 Å². The van der Waals surface area contributed by atoms with Gasteiger partial charge in [0.1, 0.15) is 0 Å². The van der Waals surface area contributed by atoms with Gasteiger partial charge in [-0.3, -0.25) is 9.59 Å². The molecule has 0 heterocycles. The van der Waals surface area contributed by atoms with Gasteiger partial charge < -0.3 is 15.4 Å². The first-order chi connectivity index (χ1) is 14.5. The summed E-state index contributed by atoms with van der Waals surface area (Å²) in [5.41, 5.74) is 3.02. The quantitative estimate of drug-likeness (QED) is 0.586. The second-order valence-corrected chi connectivity index (χ2v) is 6.75. The molecule has 0 spiro atoms. The lowest BCUT2D eigenvalue weighted by Gasteiger charge is -2.11. The third kappa shape index (κ3) is 6.04. The molecular weight excluding hydrogens is 380 g/mol. The minimum Gasteiger partial charge on any atom is -0.452 e. The van der Waals surface area contributed by atoms with Crippen LogP contribution in [0.2, 0.25) is 0 Å². The number of hydrogen-bond donors (Lipinski definition) is 2. The van der Waals surface area contributed by atoms with Crippen LogP contribution in [-0.2, 0) is 20.7 Å². The fourth-order valence-electron chi connectivity index (χ4n) is 2.87. The van der Waals surface area contributed by atoms with Crippen molar-refractivity contribution < 1.29 is 19.1 Å². The van der Waals surface area contributed by atoms with Crippen LogP contribution in [0.4, 0.5) is 11.4 Å². The zero-order valence-corrected chi connectivity index (χ0v) is 16.6. The Bertz CT molecular complexity index is 1050. The van der Waals surface area contributed by atoms with Gasteiger partial charge in [-0.2, -0.15) is 0 Å². The van der Waals surface area contributed by atoms with Gasteiger partial charge in [0.05, 0.1) is 17.7 Å². The maximum absolute atomic E-state index is 12.5. The minimum absolute atomic E-state index is 0.183. The number of rotatable bonds is 7. The number of amides is 2. The molecule has 0 bridgehead atoms. The lowest BCUT2D eigenvalue weighted by Crippen LogP contribution is -2.22. The third-order valence-electron chi connectivity index (χ3n) is 4.26. The van der Waals surface area contributed by atoms with Crippen LogP contribution in [0.3, 0.4) is 0 Å². The van der Waals surface area contributed by atoms with E-state index in [0.717, 1.165) is 11.1 Å². The molecule has 2 amide bonds. The molecule has 0 fully saturated rings. The van der Waals surface area contributed by atoms with Crippen LogP contribution in [-0.4, -0.2) is 24.4 Å². The predicted octanol–water partition coefficient (Wildman–Crippen LogP) is 3.97. The Morgan fingerprint density at radius 2 is 1.53 bits per heavy atom. The largest absolute Gasteiger partial charge is 0.452 e. The zero-order valence-electron chi connectivity index (χ0n) is 16.6. The SMILES string of the molecule is Cc1cccc(NC(=O)COC(=O)c2ccccc2NC(=O)Cc2ccccc2)c1. The maximum atomic E-state index is 12.5. The Morgan fingerprint density at radius 3 is 2.30 bits per heavy atom. The molecule has 0 saturated carbocycles. The van der Waals surface area contributed by atoms with Gasteiger partial charge in [0.15, 0.2) is 6.61 Å². The van der Waals surface area contributed by atoms with Gasteiger partial charge in [-0.15, -0.1) is 0 Å². The monoisotopic (exact) mass is 402 g/mol. The van der Waals surface area contributed by atoms with Crippen molar-refractivity contribution in [1.29, 1.82) is 0 Å². The fraction of sp³-hybridized carbons (Fsp3) is 0.125. The Kier molecular flexibility index (Phi) is 6.95. The molecule has 30 heavy (non-hydrogen) atoms. The Hall–Kier alpha value is -3.93. The number of aryl methyl sites for hydroxylation is 1. The smallest absolute Gasteiger partial charge is 0.340 e. The summed E-state index contributed by atoms with van der Waals surface area (Å²) in [7, 11) is 0. The van der Waals surface area contributed by atoms with Crippen LogP contribution < -0.4 is 10.6 Å². The number of carbonyl (C=O) groups is 3. The molecule has 3 rings (SSSR count). The van der Waals surface area contributed by atoms with E-state index in [1.807, 2.05) is 55.5 Å². The van der Waals surface area contributed by atoms with Gasteiger partial charge in [0.2, 0.25) is 5.91 Å². The average Bonchev–Trinajstić information content (AvgIpc) is 2.73. The molecule has 6 heteroatoms. The number of hydrogen-bond acceptors (Lipinski definition) is 4. The van der Waals surface area contributed by atoms with Crippen LogP contribution in [0.1, 0.15) is 21.5 Å². The molecule has 0 saturated heterocycles. The summed E-state index contributed by atoms with van der Waals surface area (Å²) in [6, 6.07) is 23.1. The fourth-order valence-corrected chi connectivity index (χ4v) is 2.87. The molecule has 152 valence electrons. The van der Waals surface area contributed by atoms with Gasteiger partial charge in [0.25, 0.3) is 5.91 Å². The molecule has 0 aliphatic carbocycles. The third-order valence-corrected chi connectivity index (χ3v) is 4.26. The first-order valence-electron chi connectivity index (χ1n) is 9.48. The first kappa shape index (κ1) is 20.8. The van der Waals surface area contributed by atoms with Crippen LogP contribution in [0.5, 0.6) is 0 Å². The van der Waals surface area contributed by atoms with Crippen molar-refractivity contribution in [1.82, 2.24) is 0 Å². The molecule has 0 atom stereocenters. The van der Waals surface area contributed by atoms with E-state index in [9.17, 15) is 14.4 Å². The van der Waals surface area contributed by atoms with Crippen molar-refractivity contribution in [2.45, 2.75) is 13.3 Å². The summed E-state index contributed by atoms with van der Waals surface area (Å²) >= 11 is 0. The maximum Gasteiger partial charge on any atom is 0.340 e. The highest BCUT2D eigenvalue weighted by atomic mass is 16.5. The van der Waals surface area contributed by atoms with Crippen LogP contribution in [0, 0.1) is 6.92 Å². The van der Waals surface area contributed by atoms with Gasteiger partial charge >= 0.3 is 5.97 Å². The highest BCUT2D eigenvalue weighted by Gasteiger charge is 2.16. The Balaban J connectivity index is 1.58. The van der Waals surface area contributed by atoms with Crippen LogP contribution in [0.15, 0.2) is 78.9 Å². The predicted molar refractivity (Wildman–Crippen MR) is 115 cm³/mol. The lowest BCUT2D eigenvalue weighted by atomic mass is 10.1. The van der Waals surface area contributed by atoms with Crippen molar-refractivity contribution in [3.05, 3.63) is 95.6 Å². The number of benzene rings is 3. The van der Waals surface area contributed by atoms with E-state index < -0.39 is 18.5 Å².